The van der Waals surface area contributed by atoms with Crippen LogP contribution in [0.2, 0.25) is 0 Å². The Bertz CT molecular complexity index is 404. The van der Waals surface area contributed by atoms with Crippen molar-refractivity contribution in [3.05, 3.63) is 29.8 Å². The number of hydrogen-bond donors (Lipinski definition) is 2. The molecule has 2 N–H and O–H groups in total. The molecule has 0 fully saturated rings. The van der Waals surface area contributed by atoms with Gasteiger partial charge >= 0.3 is 12.0 Å². The van der Waals surface area contributed by atoms with Crippen LogP contribution in [0.1, 0.15) is 5.56 Å². The van der Waals surface area contributed by atoms with Gasteiger partial charge in [-0.2, -0.15) is 0 Å². The van der Waals surface area contributed by atoms with Crippen LogP contribution in [-0.2, 0) is 11.2 Å². The highest BCUT2D eigenvalue weighted by Crippen LogP contribution is 2.15. The van der Waals surface area contributed by atoms with Crippen LogP contribution in [0, 0.1) is 0 Å². The van der Waals surface area contributed by atoms with Gasteiger partial charge in [-0.05, 0) is 17.7 Å². The second-order valence-corrected chi connectivity index (χ2v) is 3.35. The summed E-state index contributed by atoms with van der Waals surface area (Å²) in [5.74, 6) is -0.889. The minimum atomic E-state index is -0.889. The van der Waals surface area contributed by atoms with Crippen molar-refractivity contribution in [2.24, 2.45) is 0 Å². The molecule has 0 saturated carbocycles. The number of anilines is 1. The highest BCUT2D eigenvalue weighted by atomic mass is 16.4. The molecule has 2 amide bonds. The van der Waals surface area contributed by atoms with Crippen LogP contribution in [-0.4, -0.2) is 31.2 Å². The first-order chi connectivity index (χ1) is 7.54. The van der Waals surface area contributed by atoms with Gasteiger partial charge in [-0.25, -0.2) is 4.79 Å². The van der Waals surface area contributed by atoms with Crippen LogP contribution in [0.25, 0.3) is 0 Å². The Morgan fingerprint density at radius 1 is 1.44 bits per heavy atom. The topological polar surface area (TPSA) is 69.6 Å². The van der Waals surface area contributed by atoms with E-state index in [4.69, 9.17) is 5.11 Å². The molecule has 0 spiro atoms. The van der Waals surface area contributed by atoms with E-state index in [0.717, 1.165) is 0 Å². The Morgan fingerprint density at radius 2 is 2.12 bits per heavy atom. The Kier molecular flexibility index (Phi) is 3.88. The van der Waals surface area contributed by atoms with Crippen LogP contribution >= 0.6 is 0 Å². The van der Waals surface area contributed by atoms with Gasteiger partial charge in [-0.1, -0.05) is 12.1 Å². The Hall–Kier alpha value is -2.04. The van der Waals surface area contributed by atoms with Gasteiger partial charge in [0.1, 0.15) is 0 Å². The maximum Gasteiger partial charge on any atom is 0.321 e. The number of carboxylic acids is 1. The lowest BCUT2D eigenvalue weighted by atomic mass is 10.1. The third-order valence-electron chi connectivity index (χ3n) is 2.17. The number of benzene rings is 1. The molecule has 0 aromatic heterocycles. The fraction of sp³-hybridized carbons (Fsp3) is 0.273. The molecule has 5 nitrogen and oxygen atoms in total. The number of carboxylic acid groups (broad SMARTS) is 1. The first-order valence-corrected chi connectivity index (χ1v) is 4.80. The smallest absolute Gasteiger partial charge is 0.321 e. The molecule has 0 aliphatic carbocycles. The largest absolute Gasteiger partial charge is 0.481 e. The van der Waals surface area contributed by atoms with Gasteiger partial charge in [-0.15, -0.1) is 0 Å². The third kappa shape index (κ3) is 2.98. The van der Waals surface area contributed by atoms with E-state index in [1.807, 2.05) is 0 Å². The van der Waals surface area contributed by atoms with Gasteiger partial charge in [0.2, 0.25) is 0 Å². The highest BCUT2D eigenvalue weighted by molar-refractivity contribution is 5.91. The van der Waals surface area contributed by atoms with Gasteiger partial charge in [0.25, 0.3) is 0 Å². The zero-order valence-electron chi connectivity index (χ0n) is 9.23. The van der Waals surface area contributed by atoms with E-state index in [9.17, 15) is 9.59 Å². The summed E-state index contributed by atoms with van der Waals surface area (Å²) < 4.78 is 0. The van der Waals surface area contributed by atoms with Gasteiger partial charge in [0.05, 0.1) is 6.42 Å². The standard InChI is InChI=1S/C11H14N2O3/c1-12-11(16)13(2)9-5-3-4-8(6-9)7-10(14)15/h3-6H,7H2,1-2H3,(H,12,16)(H,14,15). The van der Waals surface area contributed by atoms with Crippen LogP contribution in [0.15, 0.2) is 24.3 Å². The maximum atomic E-state index is 11.3. The molecule has 16 heavy (non-hydrogen) atoms. The quantitative estimate of drug-likeness (QED) is 0.804. The molecular weight excluding hydrogens is 208 g/mol. The molecule has 0 aliphatic heterocycles. The zero-order chi connectivity index (χ0) is 12.1. The van der Waals surface area contributed by atoms with Crippen molar-refractivity contribution < 1.29 is 14.7 Å². The highest BCUT2D eigenvalue weighted by Gasteiger charge is 2.09. The average molecular weight is 222 g/mol. The lowest BCUT2D eigenvalue weighted by Crippen LogP contribution is -2.34. The van der Waals surface area contributed by atoms with E-state index in [1.54, 1.807) is 38.4 Å². The number of aliphatic carboxylic acids is 1. The molecule has 0 saturated heterocycles. The minimum absolute atomic E-state index is 0.0462. The summed E-state index contributed by atoms with van der Waals surface area (Å²) in [5.41, 5.74) is 1.33. The van der Waals surface area contributed by atoms with Crippen molar-refractivity contribution >= 4 is 17.7 Å². The van der Waals surface area contributed by atoms with Crippen molar-refractivity contribution in [3.8, 4) is 0 Å². The van der Waals surface area contributed by atoms with Gasteiger partial charge in [-0.3, -0.25) is 9.69 Å². The number of nitrogens with one attached hydrogen (secondary N) is 1. The number of amides is 2. The third-order valence-corrected chi connectivity index (χ3v) is 2.17. The van der Waals surface area contributed by atoms with Crippen LogP contribution in [0.3, 0.4) is 0 Å². The molecule has 0 unspecified atom stereocenters. The molecule has 86 valence electrons. The molecule has 1 aromatic rings. The van der Waals surface area contributed by atoms with Crippen LogP contribution in [0.4, 0.5) is 10.5 Å². The maximum absolute atomic E-state index is 11.3. The fourth-order valence-corrected chi connectivity index (χ4v) is 1.33. The molecule has 0 bridgehead atoms. The number of hydrogen-bond acceptors (Lipinski definition) is 2. The number of carbonyl (C=O) groups excluding carboxylic acids is 1. The molecule has 1 rings (SSSR count). The Balaban J connectivity index is 2.89. The summed E-state index contributed by atoms with van der Waals surface area (Å²) in [6, 6.07) is 6.64. The first kappa shape index (κ1) is 12.0. The Labute approximate surface area is 93.7 Å². The predicted molar refractivity (Wildman–Crippen MR) is 60.6 cm³/mol. The van der Waals surface area contributed by atoms with E-state index >= 15 is 0 Å². The predicted octanol–water partition coefficient (Wildman–Crippen LogP) is 1.09. The van der Waals surface area contributed by atoms with Gasteiger partial charge in [0.15, 0.2) is 0 Å². The number of rotatable bonds is 3. The molecule has 1 aromatic carbocycles. The lowest BCUT2D eigenvalue weighted by molar-refractivity contribution is -0.136. The number of carbonyl (C=O) groups is 2. The Morgan fingerprint density at radius 3 is 2.69 bits per heavy atom. The van der Waals surface area contributed by atoms with Gasteiger partial charge in [0, 0.05) is 19.8 Å². The van der Waals surface area contributed by atoms with E-state index in [0.29, 0.717) is 11.3 Å². The zero-order valence-corrected chi connectivity index (χ0v) is 9.23. The second-order valence-electron chi connectivity index (χ2n) is 3.35. The monoisotopic (exact) mass is 222 g/mol. The second kappa shape index (κ2) is 5.16. The number of urea groups is 1. The first-order valence-electron chi connectivity index (χ1n) is 4.80. The molecule has 5 heteroatoms. The normalized spacial score (nSPS) is 9.62. The number of nitrogens with zero attached hydrogens (tertiary/aromatic N) is 1. The molecular formula is C11H14N2O3. The van der Waals surface area contributed by atoms with Crippen LogP contribution < -0.4 is 10.2 Å². The van der Waals surface area contributed by atoms with Crippen LogP contribution in [0.5, 0.6) is 0 Å². The van der Waals surface area contributed by atoms with Crippen molar-refractivity contribution in [1.29, 1.82) is 0 Å². The molecule has 0 radical (unpaired) electrons. The molecule has 0 atom stereocenters. The molecule has 0 heterocycles. The van der Waals surface area contributed by atoms with Crippen molar-refractivity contribution in [3.63, 3.8) is 0 Å². The van der Waals surface area contributed by atoms with Gasteiger partial charge < -0.3 is 10.4 Å². The van der Waals surface area contributed by atoms with E-state index in [-0.39, 0.29) is 12.5 Å². The van der Waals surface area contributed by atoms with Crippen molar-refractivity contribution in [1.82, 2.24) is 5.32 Å². The van der Waals surface area contributed by atoms with Crippen molar-refractivity contribution in [2.45, 2.75) is 6.42 Å². The molecule has 0 aliphatic rings. The van der Waals surface area contributed by atoms with E-state index < -0.39 is 5.97 Å². The SMILES string of the molecule is CNC(=O)N(C)c1cccc(CC(=O)O)c1. The summed E-state index contributed by atoms with van der Waals surface area (Å²) in [4.78, 5) is 23.3. The van der Waals surface area contributed by atoms with E-state index in [2.05, 4.69) is 5.32 Å². The fourth-order valence-electron chi connectivity index (χ4n) is 1.33. The average Bonchev–Trinajstić information content (AvgIpc) is 2.26. The van der Waals surface area contributed by atoms with E-state index in [1.165, 1.54) is 4.90 Å². The summed E-state index contributed by atoms with van der Waals surface area (Å²) in [6.07, 6.45) is -0.0462. The summed E-state index contributed by atoms with van der Waals surface area (Å²) in [7, 11) is 3.17. The summed E-state index contributed by atoms with van der Waals surface area (Å²) in [6.45, 7) is 0. The minimum Gasteiger partial charge on any atom is -0.481 e. The summed E-state index contributed by atoms with van der Waals surface area (Å²) >= 11 is 0. The lowest BCUT2D eigenvalue weighted by Gasteiger charge is -2.17. The summed E-state index contributed by atoms with van der Waals surface area (Å²) in [5, 5.41) is 11.2. The van der Waals surface area contributed by atoms with Crippen molar-refractivity contribution in [2.75, 3.05) is 19.0 Å².